The smallest absolute Gasteiger partial charge is 0.308 e. The number of carbonyl (C=O) groups is 3. The molecule has 4 heterocycles. The summed E-state index contributed by atoms with van der Waals surface area (Å²) >= 11 is 2.17. The highest BCUT2D eigenvalue weighted by Gasteiger charge is 2.57. The molecule has 0 saturated carbocycles. The molecule has 0 radical (unpaired) electrons. The van der Waals surface area contributed by atoms with E-state index in [0.29, 0.717) is 27.0 Å². The zero-order chi connectivity index (χ0) is 25.7. The lowest BCUT2D eigenvalue weighted by atomic mass is 9.87. The van der Waals surface area contributed by atoms with Gasteiger partial charge in [-0.15, -0.1) is 0 Å². The van der Waals surface area contributed by atoms with Crippen LogP contribution in [0.25, 0.3) is 0 Å². The number of benzene rings is 2. The van der Waals surface area contributed by atoms with Crippen molar-refractivity contribution >= 4 is 52.2 Å². The third-order valence-electron chi connectivity index (χ3n) is 6.63. The number of carbonyl (C=O) groups excluding carboxylic acids is 3. The Morgan fingerprint density at radius 1 is 0.973 bits per heavy atom. The summed E-state index contributed by atoms with van der Waals surface area (Å²) < 4.78 is 7.11. The minimum atomic E-state index is -0.755. The summed E-state index contributed by atoms with van der Waals surface area (Å²) in [7, 11) is 0. The molecule has 4 aromatic rings. The normalized spacial score (nSPS) is 20.6. The van der Waals surface area contributed by atoms with E-state index in [0.717, 1.165) is 16.9 Å². The van der Waals surface area contributed by atoms with E-state index in [4.69, 9.17) is 4.42 Å². The minimum Gasteiger partial charge on any atom is -0.469 e. The fourth-order valence-corrected chi connectivity index (χ4v) is 7.66. The lowest BCUT2D eigenvalue weighted by molar-refractivity contribution is -0.122. The Balaban J connectivity index is 1.39. The number of para-hydroxylation sites is 2. The van der Waals surface area contributed by atoms with Crippen LogP contribution in [0.1, 0.15) is 22.1 Å². The van der Waals surface area contributed by atoms with E-state index in [1.165, 1.54) is 27.5 Å². The maximum absolute atomic E-state index is 13.7. The fourth-order valence-electron chi connectivity index (χ4n) is 4.91. The number of nitrogens with one attached hydrogen (secondary N) is 1. The average Bonchev–Trinajstić information content (AvgIpc) is 3.59. The lowest BCUT2D eigenvalue weighted by Gasteiger charge is -2.29. The van der Waals surface area contributed by atoms with Crippen LogP contribution in [-0.4, -0.2) is 27.5 Å². The molecule has 0 bridgehead atoms. The predicted molar refractivity (Wildman–Crippen MR) is 141 cm³/mol. The van der Waals surface area contributed by atoms with E-state index in [2.05, 4.69) is 5.32 Å². The van der Waals surface area contributed by atoms with Gasteiger partial charge in [-0.05, 0) is 42.8 Å². The van der Waals surface area contributed by atoms with Crippen molar-refractivity contribution in [2.45, 2.75) is 29.7 Å². The number of amides is 3. The lowest BCUT2D eigenvalue weighted by Crippen LogP contribution is -2.32. The third-order valence-corrected chi connectivity index (χ3v) is 9.24. The molecule has 10 heteroatoms. The zero-order valence-electron chi connectivity index (χ0n) is 19.6. The molecule has 1 N–H and O–H groups in total. The van der Waals surface area contributed by atoms with Gasteiger partial charge in [-0.3, -0.25) is 23.7 Å². The van der Waals surface area contributed by atoms with Crippen molar-refractivity contribution in [1.82, 2.24) is 4.57 Å². The highest BCUT2D eigenvalue weighted by molar-refractivity contribution is 8.00. The maximum Gasteiger partial charge on any atom is 0.308 e. The molecule has 2 aromatic heterocycles. The Morgan fingerprint density at radius 3 is 2.46 bits per heavy atom. The van der Waals surface area contributed by atoms with Gasteiger partial charge in [0.05, 0.1) is 33.7 Å². The van der Waals surface area contributed by atoms with E-state index in [-0.39, 0.29) is 29.1 Å². The number of thioether (sulfide) groups is 1. The van der Waals surface area contributed by atoms with E-state index in [1.54, 1.807) is 42.5 Å². The van der Waals surface area contributed by atoms with Gasteiger partial charge in [-0.2, -0.15) is 0 Å². The molecule has 186 valence electrons. The van der Waals surface area contributed by atoms with Gasteiger partial charge >= 0.3 is 4.87 Å². The summed E-state index contributed by atoms with van der Waals surface area (Å²) in [5.41, 5.74) is 2.08. The molecule has 2 aliphatic rings. The number of nitrogens with zero attached hydrogens (tertiary/aromatic N) is 2. The van der Waals surface area contributed by atoms with E-state index >= 15 is 0 Å². The average molecular weight is 532 g/mol. The Hall–Kier alpha value is -3.89. The molecule has 0 aliphatic carbocycles. The minimum absolute atomic E-state index is 0.210. The molecular formula is C27H21N3O5S2. The Bertz CT molecular complexity index is 1580. The van der Waals surface area contributed by atoms with Crippen LogP contribution in [0, 0.1) is 12.8 Å². The molecule has 2 unspecified atom stereocenters. The second-order valence-electron chi connectivity index (χ2n) is 8.89. The monoisotopic (exact) mass is 531 g/mol. The number of hydrogen-bond donors (Lipinski definition) is 1. The molecular weight excluding hydrogens is 510 g/mol. The van der Waals surface area contributed by atoms with Crippen LogP contribution >= 0.6 is 23.1 Å². The molecule has 8 nitrogen and oxygen atoms in total. The first-order chi connectivity index (χ1) is 17.9. The van der Waals surface area contributed by atoms with Crippen LogP contribution in [0.4, 0.5) is 11.4 Å². The number of imide groups is 1. The van der Waals surface area contributed by atoms with Crippen LogP contribution in [-0.2, 0) is 20.9 Å². The standard InChI is InChI=1S/C27H21N3O5S2/c1-15-8-5-6-11-17(15)28-19(31)14-29-26-23(37-27(29)34)20(18-12-7-13-35-18)21-22(36-26)25(33)30(24(21)32)16-9-3-2-4-10-16/h2-13,20-22H,14H2,1H3,(H,28,31)/t20-,21?,22?/m1/s1. The number of hydrogen-bond acceptors (Lipinski definition) is 7. The van der Waals surface area contributed by atoms with Gasteiger partial charge in [0, 0.05) is 5.69 Å². The quantitative estimate of drug-likeness (QED) is 0.387. The number of fused-ring (bicyclic) bond motifs is 2. The largest absolute Gasteiger partial charge is 0.469 e. The van der Waals surface area contributed by atoms with Gasteiger partial charge in [-0.25, -0.2) is 4.90 Å². The van der Waals surface area contributed by atoms with Crippen LogP contribution in [0.2, 0.25) is 0 Å². The summed E-state index contributed by atoms with van der Waals surface area (Å²) in [6, 6.07) is 19.7. The Labute approximate surface area is 219 Å². The number of rotatable bonds is 5. The zero-order valence-corrected chi connectivity index (χ0v) is 21.3. The van der Waals surface area contributed by atoms with Crippen molar-refractivity contribution in [2.24, 2.45) is 5.92 Å². The Kier molecular flexibility index (Phi) is 5.85. The Morgan fingerprint density at radius 2 is 1.73 bits per heavy atom. The first-order valence-corrected chi connectivity index (χ1v) is 13.4. The SMILES string of the molecule is Cc1ccccc1NC(=O)Cn1c2c(sc1=O)[C@H](c1ccco1)C1C(=O)N(c3ccccc3)C(=O)C1S2. The van der Waals surface area contributed by atoms with Crippen LogP contribution < -0.4 is 15.1 Å². The summed E-state index contributed by atoms with van der Waals surface area (Å²) in [4.78, 5) is 54.9. The number of furan rings is 1. The molecule has 6 rings (SSSR count). The van der Waals surface area contributed by atoms with Crippen molar-refractivity contribution in [3.63, 3.8) is 0 Å². The number of thiazole rings is 1. The van der Waals surface area contributed by atoms with Crippen molar-refractivity contribution in [3.8, 4) is 0 Å². The summed E-state index contributed by atoms with van der Waals surface area (Å²) in [5.74, 6) is -1.86. The van der Waals surface area contributed by atoms with Crippen molar-refractivity contribution < 1.29 is 18.8 Å². The highest BCUT2D eigenvalue weighted by atomic mass is 32.2. The first-order valence-electron chi connectivity index (χ1n) is 11.7. The van der Waals surface area contributed by atoms with Gasteiger partial charge in [0.1, 0.15) is 17.6 Å². The van der Waals surface area contributed by atoms with E-state index in [9.17, 15) is 19.2 Å². The fraction of sp³-hybridized carbons (Fsp3) is 0.185. The van der Waals surface area contributed by atoms with Crippen LogP contribution in [0.3, 0.4) is 0 Å². The molecule has 1 saturated heterocycles. The molecule has 2 aromatic carbocycles. The predicted octanol–water partition coefficient (Wildman–Crippen LogP) is 4.25. The van der Waals surface area contributed by atoms with Crippen molar-refractivity contribution in [3.05, 3.63) is 98.9 Å². The summed E-state index contributed by atoms with van der Waals surface area (Å²) in [5, 5.41) is 2.63. The molecule has 1 fully saturated rings. The molecule has 3 amide bonds. The van der Waals surface area contributed by atoms with E-state index < -0.39 is 17.1 Å². The topological polar surface area (TPSA) is 102 Å². The van der Waals surface area contributed by atoms with Gasteiger partial charge < -0.3 is 9.73 Å². The second-order valence-corrected chi connectivity index (χ2v) is 11.0. The molecule has 2 aliphatic heterocycles. The second kappa shape index (κ2) is 9.20. The van der Waals surface area contributed by atoms with Gasteiger partial charge in [-0.1, -0.05) is 59.5 Å². The maximum atomic E-state index is 13.7. The third kappa shape index (κ3) is 3.93. The molecule has 37 heavy (non-hydrogen) atoms. The van der Waals surface area contributed by atoms with Crippen molar-refractivity contribution in [2.75, 3.05) is 10.2 Å². The highest BCUT2D eigenvalue weighted by Crippen LogP contribution is 2.53. The van der Waals surface area contributed by atoms with Crippen LogP contribution in [0.5, 0.6) is 0 Å². The van der Waals surface area contributed by atoms with Gasteiger partial charge in [0.15, 0.2) is 0 Å². The summed E-state index contributed by atoms with van der Waals surface area (Å²) in [6.07, 6.45) is 1.51. The first kappa shape index (κ1) is 23.5. The summed E-state index contributed by atoms with van der Waals surface area (Å²) in [6.45, 7) is 1.68. The molecule has 0 spiro atoms. The molecule has 3 atom stereocenters. The number of anilines is 2. The number of aromatic nitrogens is 1. The van der Waals surface area contributed by atoms with Crippen molar-refractivity contribution in [1.29, 1.82) is 0 Å². The number of aryl methyl sites for hydroxylation is 1. The van der Waals surface area contributed by atoms with E-state index in [1.807, 2.05) is 31.2 Å². The van der Waals surface area contributed by atoms with Gasteiger partial charge in [0.25, 0.3) is 0 Å². The van der Waals surface area contributed by atoms with Gasteiger partial charge in [0.2, 0.25) is 17.7 Å². The van der Waals surface area contributed by atoms with Crippen LogP contribution in [0.15, 0.2) is 87.2 Å².